The maximum Gasteiger partial charge on any atom is 0.257 e. The summed E-state index contributed by atoms with van der Waals surface area (Å²) in [5.74, 6) is 0.105. The van der Waals surface area contributed by atoms with Gasteiger partial charge in [-0.2, -0.15) is 5.10 Å². The molecule has 1 aliphatic carbocycles. The lowest BCUT2D eigenvalue weighted by Gasteiger charge is -2.03. The Morgan fingerprint density at radius 1 is 1.19 bits per heavy atom. The van der Waals surface area contributed by atoms with E-state index in [2.05, 4.69) is 15.5 Å². The number of benzene rings is 2. The zero-order chi connectivity index (χ0) is 18.1. The number of para-hydroxylation sites is 1. The summed E-state index contributed by atoms with van der Waals surface area (Å²) in [5.41, 5.74) is 5.76. The Morgan fingerprint density at radius 3 is 2.81 bits per heavy atom. The minimum Gasteiger partial charge on any atom is -0.321 e. The lowest BCUT2D eigenvalue weighted by Crippen LogP contribution is -2.21. The average molecular weight is 345 g/mol. The van der Waals surface area contributed by atoms with Crippen LogP contribution in [0.15, 0.2) is 64.5 Å². The third-order valence-electron chi connectivity index (χ3n) is 4.85. The molecule has 3 aromatic rings. The molecule has 0 saturated heterocycles. The van der Waals surface area contributed by atoms with Crippen molar-refractivity contribution in [1.29, 1.82) is 0 Å². The number of carbonyl (C=O) groups is 1. The zero-order valence-corrected chi connectivity index (χ0v) is 14.4. The number of aromatic nitrogens is 1. The van der Waals surface area contributed by atoms with Crippen molar-refractivity contribution in [2.24, 2.45) is 11.0 Å². The standard InChI is InChI=1S/C21H19N3O2/c1-13-6-5-9-15-10-16(20(25)23-19(13)15)12-22-24-21(26)18-11-17(18)14-7-3-2-4-8-14/h2-10,12,17-18H,11H2,1H3,(H,23,25)(H,24,26). The van der Waals surface area contributed by atoms with Gasteiger partial charge in [0.1, 0.15) is 0 Å². The Hall–Kier alpha value is -3.21. The van der Waals surface area contributed by atoms with Crippen molar-refractivity contribution < 1.29 is 4.79 Å². The van der Waals surface area contributed by atoms with E-state index in [9.17, 15) is 9.59 Å². The first kappa shape index (κ1) is 16.3. The summed E-state index contributed by atoms with van der Waals surface area (Å²) in [5, 5.41) is 4.91. The van der Waals surface area contributed by atoms with Gasteiger partial charge in [-0.15, -0.1) is 0 Å². The van der Waals surface area contributed by atoms with Crippen LogP contribution >= 0.6 is 0 Å². The fourth-order valence-electron chi connectivity index (χ4n) is 3.30. The van der Waals surface area contributed by atoms with Gasteiger partial charge in [-0.05, 0) is 41.8 Å². The number of hydrazone groups is 1. The Bertz CT molecular complexity index is 1050. The van der Waals surface area contributed by atoms with Crippen molar-refractivity contribution in [3.05, 3.63) is 81.6 Å². The largest absolute Gasteiger partial charge is 0.321 e. The normalized spacial score (nSPS) is 19.0. The zero-order valence-electron chi connectivity index (χ0n) is 14.4. The molecule has 1 amide bonds. The first-order valence-electron chi connectivity index (χ1n) is 8.64. The van der Waals surface area contributed by atoms with Crippen molar-refractivity contribution in [3.63, 3.8) is 0 Å². The topological polar surface area (TPSA) is 74.3 Å². The number of aryl methyl sites for hydroxylation is 1. The van der Waals surface area contributed by atoms with Gasteiger partial charge in [-0.3, -0.25) is 9.59 Å². The predicted molar refractivity (Wildman–Crippen MR) is 102 cm³/mol. The van der Waals surface area contributed by atoms with Crippen LogP contribution in [-0.2, 0) is 4.79 Å². The minimum atomic E-state index is -0.224. The van der Waals surface area contributed by atoms with Gasteiger partial charge in [-0.25, -0.2) is 5.43 Å². The van der Waals surface area contributed by atoms with Gasteiger partial charge in [0, 0.05) is 5.92 Å². The van der Waals surface area contributed by atoms with E-state index in [0.717, 1.165) is 22.9 Å². The molecule has 1 saturated carbocycles. The van der Waals surface area contributed by atoms with Gasteiger partial charge in [0.05, 0.1) is 17.3 Å². The number of amides is 1. The number of hydrogen-bond donors (Lipinski definition) is 2. The summed E-state index contributed by atoms with van der Waals surface area (Å²) in [6.45, 7) is 1.95. The van der Waals surface area contributed by atoms with Crippen LogP contribution in [0.3, 0.4) is 0 Å². The molecule has 1 aliphatic rings. The summed E-state index contributed by atoms with van der Waals surface area (Å²) < 4.78 is 0. The molecule has 0 aliphatic heterocycles. The van der Waals surface area contributed by atoms with E-state index in [0.29, 0.717) is 5.56 Å². The van der Waals surface area contributed by atoms with E-state index in [1.807, 2.05) is 55.5 Å². The van der Waals surface area contributed by atoms with Gasteiger partial charge in [-0.1, -0.05) is 48.5 Å². The van der Waals surface area contributed by atoms with Gasteiger partial charge in [0.25, 0.3) is 5.56 Å². The highest BCUT2D eigenvalue weighted by molar-refractivity contribution is 5.90. The highest BCUT2D eigenvalue weighted by Crippen LogP contribution is 2.47. The molecule has 0 radical (unpaired) electrons. The number of aromatic amines is 1. The molecule has 5 heteroatoms. The first-order chi connectivity index (χ1) is 12.6. The quantitative estimate of drug-likeness (QED) is 0.563. The van der Waals surface area contributed by atoms with E-state index in [-0.39, 0.29) is 23.3 Å². The molecule has 2 atom stereocenters. The third kappa shape index (κ3) is 3.16. The Balaban J connectivity index is 1.44. The number of nitrogens with one attached hydrogen (secondary N) is 2. The van der Waals surface area contributed by atoms with E-state index in [1.165, 1.54) is 11.8 Å². The fourth-order valence-corrected chi connectivity index (χ4v) is 3.30. The number of nitrogens with zero attached hydrogens (tertiary/aromatic N) is 1. The third-order valence-corrected chi connectivity index (χ3v) is 4.85. The molecule has 2 aromatic carbocycles. The van der Waals surface area contributed by atoms with Crippen molar-refractivity contribution in [2.45, 2.75) is 19.3 Å². The summed E-state index contributed by atoms with van der Waals surface area (Å²) >= 11 is 0. The Kier molecular flexibility index (Phi) is 4.13. The van der Waals surface area contributed by atoms with Gasteiger partial charge >= 0.3 is 0 Å². The highest BCUT2D eigenvalue weighted by atomic mass is 16.2. The van der Waals surface area contributed by atoms with Crippen molar-refractivity contribution in [2.75, 3.05) is 0 Å². The molecule has 2 unspecified atom stereocenters. The Morgan fingerprint density at radius 2 is 2.00 bits per heavy atom. The molecular weight excluding hydrogens is 326 g/mol. The maximum absolute atomic E-state index is 12.2. The molecule has 1 heterocycles. The fraction of sp³-hybridized carbons (Fsp3) is 0.190. The van der Waals surface area contributed by atoms with Crippen LogP contribution in [0.1, 0.15) is 29.0 Å². The summed E-state index contributed by atoms with van der Waals surface area (Å²) in [4.78, 5) is 27.3. The van der Waals surface area contributed by atoms with E-state index in [4.69, 9.17) is 0 Å². The smallest absolute Gasteiger partial charge is 0.257 e. The summed E-state index contributed by atoms with van der Waals surface area (Å²) in [6.07, 6.45) is 2.24. The van der Waals surface area contributed by atoms with E-state index < -0.39 is 0 Å². The van der Waals surface area contributed by atoms with Gasteiger partial charge in [0.15, 0.2) is 0 Å². The molecule has 2 N–H and O–H groups in total. The monoisotopic (exact) mass is 345 g/mol. The van der Waals surface area contributed by atoms with E-state index >= 15 is 0 Å². The number of rotatable bonds is 4. The molecule has 5 nitrogen and oxygen atoms in total. The number of fused-ring (bicyclic) bond motifs is 1. The molecule has 1 fully saturated rings. The Labute approximate surface area is 150 Å². The van der Waals surface area contributed by atoms with Crippen LogP contribution < -0.4 is 11.0 Å². The molecular formula is C21H19N3O2. The molecule has 4 rings (SSSR count). The number of hydrogen-bond acceptors (Lipinski definition) is 3. The predicted octanol–water partition coefficient (Wildman–Crippen LogP) is 3.09. The van der Waals surface area contributed by atoms with Crippen LogP contribution in [0, 0.1) is 12.8 Å². The van der Waals surface area contributed by atoms with Crippen LogP contribution in [0.2, 0.25) is 0 Å². The van der Waals surface area contributed by atoms with Crippen molar-refractivity contribution in [3.8, 4) is 0 Å². The van der Waals surface area contributed by atoms with Crippen LogP contribution in [0.25, 0.3) is 10.9 Å². The second-order valence-corrected chi connectivity index (χ2v) is 6.69. The van der Waals surface area contributed by atoms with Crippen LogP contribution in [0.4, 0.5) is 0 Å². The molecule has 130 valence electrons. The average Bonchev–Trinajstić information content (AvgIpc) is 3.45. The highest BCUT2D eigenvalue weighted by Gasteiger charge is 2.43. The minimum absolute atomic E-state index is 0.0490. The van der Waals surface area contributed by atoms with Crippen molar-refractivity contribution >= 4 is 23.0 Å². The number of pyridine rings is 1. The van der Waals surface area contributed by atoms with Crippen LogP contribution in [0.5, 0.6) is 0 Å². The number of H-pyrrole nitrogens is 1. The van der Waals surface area contributed by atoms with Gasteiger partial charge in [0.2, 0.25) is 5.91 Å². The van der Waals surface area contributed by atoms with Gasteiger partial charge < -0.3 is 4.98 Å². The lowest BCUT2D eigenvalue weighted by molar-refractivity contribution is -0.122. The molecule has 1 aromatic heterocycles. The maximum atomic E-state index is 12.2. The van der Waals surface area contributed by atoms with Crippen LogP contribution in [-0.4, -0.2) is 17.1 Å². The summed E-state index contributed by atoms with van der Waals surface area (Å²) in [6, 6.07) is 17.6. The number of carbonyl (C=O) groups excluding carboxylic acids is 1. The first-order valence-corrected chi connectivity index (χ1v) is 8.64. The lowest BCUT2D eigenvalue weighted by atomic mass is 10.1. The SMILES string of the molecule is Cc1cccc2cc(C=NNC(=O)C3CC3c3ccccc3)c(=O)[nH]c12. The molecule has 26 heavy (non-hydrogen) atoms. The molecule has 0 bridgehead atoms. The molecule has 0 spiro atoms. The summed E-state index contributed by atoms with van der Waals surface area (Å²) in [7, 11) is 0. The second kappa shape index (κ2) is 6.59. The van der Waals surface area contributed by atoms with Crippen molar-refractivity contribution in [1.82, 2.24) is 10.4 Å². The van der Waals surface area contributed by atoms with E-state index in [1.54, 1.807) is 6.07 Å². The second-order valence-electron chi connectivity index (χ2n) is 6.69.